The molecule has 0 atom stereocenters. The standard InChI is InChI=1S/C15H14F3NO2/c1-20-12-5-6-14(21-15(17)18)13(8-12)19-9-10-3-2-4-11(16)7-10/h2-8,15,19H,9H2,1H3. The molecule has 6 heteroatoms. The summed E-state index contributed by atoms with van der Waals surface area (Å²) >= 11 is 0. The van der Waals surface area contributed by atoms with Crippen LogP contribution in [-0.4, -0.2) is 13.7 Å². The molecule has 3 nitrogen and oxygen atoms in total. The summed E-state index contributed by atoms with van der Waals surface area (Å²) < 4.78 is 47.3. The lowest BCUT2D eigenvalue weighted by Crippen LogP contribution is -2.07. The fourth-order valence-electron chi connectivity index (χ4n) is 1.82. The molecule has 0 aromatic heterocycles. The number of hydrogen-bond donors (Lipinski definition) is 1. The van der Waals surface area contributed by atoms with E-state index in [9.17, 15) is 13.2 Å². The van der Waals surface area contributed by atoms with E-state index < -0.39 is 6.61 Å². The van der Waals surface area contributed by atoms with Crippen LogP contribution >= 0.6 is 0 Å². The molecule has 0 saturated heterocycles. The van der Waals surface area contributed by atoms with Gasteiger partial charge in [-0.3, -0.25) is 0 Å². The molecule has 0 aliphatic rings. The zero-order chi connectivity index (χ0) is 15.2. The molecule has 0 saturated carbocycles. The van der Waals surface area contributed by atoms with Crippen molar-refractivity contribution in [2.24, 2.45) is 0 Å². The van der Waals surface area contributed by atoms with Gasteiger partial charge >= 0.3 is 6.61 Å². The van der Waals surface area contributed by atoms with Gasteiger partial charge in [0.1, 0.15) is 17.3 Å². The summed E-state index contributed by atoms with van der Waals surface area (Å²) in [6.07, 6.45) is 0. The molecule has 0 radical (unpaired) electrons. The van der Waals surface area contributed by atoms with Crippen molar-refractivity contribution in [1.82, 2.24) is 0 Å². The monoisotopic (exact) mass is 297 g/mol. The van der Waals surface area contributed by atoms with E-state index >= 15 is 0 Å². The van der Waals surface area contributed by atoms with Gasteiger partial charge in [-0.2, -0.15) is 8.78 Å². The number of benzene rings is 2. The van der Waals surface area contributed by atoms with Crippen molar-refractivity contribution in [3.8, 4) is 11.5 Å². The largest absolute Gasteiger partial charge is 0.497 e. The second-order valence-electron chi connectivity index (χ2n) is 4.22. The molecule has 0 bridgehead atoms. The molecule has 1 N–H and O–H groups in total. The van der Waals surface area contributed by atoms with Gasteiger partial charge < -0.3 is 14.8 Å². The number of rotatable bonds is 6. The van der Waals surface area contributed by atoms with Gasteiger partial charge in [0.15, 0.2) is 0 Å². The van der Waals surface area contributed by atoms with Gasteiger partial charge in [-0.25, -0.2) is 4.39 Å². The normalized spacial score (nSPS) is 10.5. The SMILES string of the molecule is COc1ccc(OC(F)F)c(NCc2cccc(F)c2)c1. The number of ether oxygens (including phenoxy) is 2. The van der Waals surface area contributed by atoms with Crippen LogP contribution in [0.25, 0.3) is 0 Å². The van der Waals surface area contributed by atoms with Gasteiger partial charge in [0.05, 0.1) is 12.8 Å². The molecule has 2 rings (SSSR count). The summed E-state index contributed by atoms with van der Waals surface area (Å²) in [5.41, 5.74) is 1.03. The van der Waals surface area contributed by atoms with Crippen molar-refractivity contribution >= 4 is 5.69 Å². The number of halogens is 3. The highest BCUT2D eigenvalue weighted by atomic mass is 19.3. The zero-order valence-corrected chi connectivity index (χ0v) is 11.3. The van der Waals surface area contributed by atoms with Gasteiger partial charge in [-0.15, -0.1) is 0 Å². The number of hydrogen-bond acceptors (Lipinski definition) is 3. The first-order valence-electron chi connectivity index (χ1n) is 6.19. The van der Waals surface area contributed by atoms with Crippen LogP contribution in [0.5, 0.6) is 11.5 Å². The second kappa shape index (κ2) is 6.88. The molecular formula is C15H14F3NO2. The van der Waals surface area contributed by atoms with Gasteiger partial charge in [0, 0.05) is 12.6 Å². The highest BCUT2D eigenvalue weighted by Crippen LogP contribution is 2.30. The third-order valence-corrected chi connectivity index (χ3v) is 2.77. The Balaban J connectivity index is 2.16. The Bertz CT molecular complexity index is 605. The summed E-state index contributed by atoms with van der Waals surface area (Å²) in [7, 11) is 1.47. The van der Waals surface area contributed by atoms with Gasteiger partial charge in [0.2, 0.25) is 0 Å². The van der Waals surface area contributed by atoms with E-state index in [1.54, 1.807) is 12.1 Å². The summed E-state index contributed by atoms with van der Waals surface area (Å²) in [5.74, 6) is 0.143. The molecular weight excluding hydrogens is 283 g/mol. The first-order chi connectivity index (χ1) is 10.1. The Morgan fingerprint density at radius 2 is 1.95 bits per heavy atom. The Labute approximate surface area is 120 Å². The number of anilines is 1. The molecule has 0 aliphatic heterocycles. The maximum Gasteiger partial charge on any atom is 0.387 e. The van der Waals surface area contributed by atoms with Crippen molar-refractivity contribution < 1.29 is 22.6 Å². The van der Waals surface area contributed by atoms with Crippen molar-refractivity contribution in [1.29, 1.82) is 0 Å². The maximum atomic E-state index is 13.1. The van der Waals surface area contributed by atoms with E-state index in [1.807, 2.05) is 0 Å². The first kappa shape index (κ1) is 15.0. The van der Waals surface area contributed by atoms with Crippen molar-refractivity contribution in [2.45, 2.75) is 13.2 Å². The fraction of sp³-hybridized carbons (Fsp3) is 0.200. The second-order valence-corrected chi connectivity index (χ2v) is 4.22. The number of alkyl halides is 2. The van der Waals surface area contributed by atoms with E-state index in [4.69, 9.17) is 4.74 Å². The number of nitrogens with one attached hydrogen (secondary N) is 1. The maximum absolute atomic E-state index is 13.1. The minimum Gasteiger partial charge on any atom is -0.497 e. The number of methoxy groups -OCH3 is 1. The molecule has 0 spiro atoms. The van der Waals surface area contributed by atoms with Crippen LogP contribution in [0.1, 0.15) is 5.56 Å². The third-order valence-electron chi connectivity index (χ3n) is 2.77. The van der Waals surface area contributed by atoms with Crippen LogP contribution in [-0.2, 0) is 6.54 Å². The molecule has 2 aromatic rings. The first-order valence-corrected chi connectivity index (χ1v) is 6.19. The molecule has 2 aromatic carbocycles. The Hall–Kier alpha value is -2.37. The molecule has 0 fully saturated rings. The zero-order valence-electron chi connectivity index (χ0n) is 11.3. The van der Waals surface area contributed by atoms with Crippen LogP contribution < -0.4 is 14.8 Å². The smallest absolute Gasteiger partial charge is 0.387 e. The van der Waals surface area contributed by atoms with E-state index in [0.717, 1.165) is 0 Å². The van der Waals surface area contributed by atoms with Crippen LogP contribution in [0.4, 0.5) is 18.9 Å². The molecule has 0 amide bonds. The summed E-state index contributed by atoms with van der Waals surface area (Å²) in [5, 5.41) is 2.93. The topological polar surface area (TPSA) is 30.5 Å². The van der Waals surface area contributed by atoms with E-state index in [-0.39, 0.29) is 18.1 Å². The Morgan fingerprint density at radius 3 is 2.62 bits per heavy atom. The lowest BCUT2D eigenvalue weighted by Gasteiger charge is -2.14. The Morgan fingerprint density at radius 1 is 1.14 bits per heavy atom. The van der Waals surface area contributed by atoms with E-state index in [1.165, 1.54) is 37.4 Å². The van der Waals surface area contributed by atoms with Crippen LogP contribution in [0.2, 0.25) is 0 Å². The van der Waals surface area contributed by atoms with Crippen LogP contribution in [0, 0.1) is 5.82 Å². The van der Waals surface area contributed by atoms with Crippen molar-refractivity contribution in [3.05, 3.63) is 53.8 Å². The average molecular weight is 297 g/mol. The van der Waals surface area contributed by atoms with Crippen LogP contribution in [0.3, 0.4) is 0 Å². The Kier molecular flexibility index (Phi) is 4.92. The van der Waals surface area contributed by atoms with Crippen molar-refractivity contribution in [3.63, 3.8) is 0 Å². The van der Waals surface area contributed by atoms with Gasteiger partial charge in [0.25, 0.3) is 0 Å². The fourth-order valence-corrected chi connectivity index (χ4v) is 1.82. The molecule has 0 unspecified atom stereocenters. The lowest BCUT2D eigenvalue weighted by atomic mass is 10.2. The molecule has 112 valence electrons. The summed E-state index contributed by atoms with van der Waals surface area (Å²) in [4.78, 5) is 0. The van der Waals surface area contributed by atoms with Gasteiger partial charge in [-0.05, 0) is 29.8 Å². The quantitative estimate of drug-likeness (QED) is 0.872. The molecule has 0 heterocycles. The molecule has 21 heavy (non-hydrogen) atoms. The van der Waals surface area contributed by atoms with E-state index in [0.29, 0.717) is 17.0 Å². The minimum atomic E-state index is -2.92. The molecule has 0 aliphatic carbocycles. The minimum absolute atomic E-state index is 0.00204. The van der Waals surface area contributed by atoms with Crippen molar-refractivity contribution in [2.75, 3.05) is 12.4 Å². The predicted molar refractivity (Wildman–Crippen MR) is 73.4 cm³/mol. The van der Waals surface area contributed by atoms with Gasteiger partial charge in [-0.1, -0.05) is 12.1 Å². The lowest BCUT2D eigenvalue weighted by molar-refractivity contribution is -0.0494. The highest BCUT2D eigenvalue weighted by Gasteiger charge is 2.11. The highest BCUT2D eigenvalue weighted by molar-refractivity contribution is 5.60. The van der Waals surface area contributed by atoms with Crippen LogP contribution in [0.15, 0.2) is 42.5 Å². The summed E-state index contributed by atoms with van der Waals surface area (Å²) in [6, 6.07) is 10.4. The average Bonchev–Trinajstić information content (AvgIpc) is 2.46. The van der Waals surface area contributed by atoms with E-state index in [2.05, 4.69) is 10.1 Å². The third kappa shape index (κ3) is 4.30. The summed E-state index contributed by atoms with van der Waals surface area (Å²) in [6.45, 7) is -2.65. The predicted octanol–water partition coefficient (Wildman–Crippen LogP) is 4.05.